The second-order valence-electron chi connectivity index (χ2n) is 7.51. The van der Waals surface area contributed by atoms with E-state index < -0.39 is 0 Å². The first kappa shape index (κ1) is 18.6. The minimum Gasteiger partial charge on any atom is -0.497 e. The molecule has 0 radical (unpaired) electrons. The molecule has 0 saturated carbocycles. The molecule has 8 heteroatoms. The maximum atomic E-state index is 13.3. The van der Waals surface area contributed by atoms with Crippen LogP contribution in [0.1, 0.15) is 16.7 Å². The molecule has 0 unspecified atom stereocenters. The summed E-state index contributed by atoms with van der Waals surface area (Å²) in [5.74, 6) is 0.357. The van der Waals surface area contributed by atoms with Gasteiger partial charge in [-0.25, -0.2) is 4.99 Å². The Morgan fingerprint density at radius 1 is 1.10 bits per heavy atom. The van der Waals surface area contributed by atoms with Crippen LogP contribution in [-0.4, -0.2) is 24.3 Å². The number of ether oxygens (including phenoxy) is 1. The number of methoxy groups -OCH3 is 1. The summed E-state index contributed by atoms with van der Waals surface area (Å²) < 4.78 is 7.34. The number of carbonyl (C=O) groups is 1. The first-order chi connectivity index (χ1) is 14.4. The van der Waals surface area contributed by atoms with Gasteiger partial charge < -0.3 is 15.0 Å². The van der Waals surface area contributed by atoms with E-state index in [0.717, 1.165) is 16.8 Å². The first-order valence-corrected chi connectivity index (χ1v) is 10.4. The lowest BCUT2D eigenvalue weighted by Crippen LogP contribution is -2.43. The summed E-state index contributed by atoms with van der Waals surface area (Å²) in [4.78, 5) is 33.3. The largest absolute Gasteiger partial charge is 0.497 e. The van der Waals surface area contributed by atoms with Crippen molar-refractivity contribution < 1.29 is 9.53 Å². The Morgan fingerprint density at radius 2 is 1.87 bits per heavy atom. The number of nitrogens with one attached hydrogen (secondary N) is 1. The molecule has 0 fully saturated rings. The molecule has 2 aromatic carbocycles. The van der Waals surface area contributed by atoms with Gasteiger partial charge in [0.15, 0.2) is 4.80 Å². The summed E-state index contributed by atoms with van der Waals surface area (Å²) in [6.07, 6.45) is 0. The average molecular weight is 420 g/mol. The summed E-state index contributed by atoms with van der Waals surface area (Å²) in [6, 6.07) is 11.7. The van der Waals surface area contributed by atoms with E-state index in [2.05, 4.69) is 47.3 Å². The molecule has 5 rings (SSSR count). The van der Waals surface area contributed by atoms with E-state index in [9.17, 15) is 9.59 Å². The second kappa shape index (κ2) is 6.84. The molecule has 3 aromatic rings. The van der Waals surface area contributed by atoms with E-state index in [1.807, 2.05) is 0 Å². The van der Waals surface area contributed by atoms with Crippen molar-refractivity contribution in [2.24, 2.45) is 4.99 Å². The number of thiazole rings is 1. The summed E-state index contributed by atoms with van der Waals surface area (Å²) >= 11 is 1.26. The number of hydrogen-bond acceptors (Lipinski definition) is 6. The number of rotatable bonds is 2. The van der Waals surface area contributed by atoms with Crippen LogP contribution in [-0.2, 0) is 11.5 Å². The SMILES string of the molecule is COc1ccc2c(c1)/C(=c1/sc3n(c1=O)CN(c1cc(C)cc(C)c1)CN=3)C(=O)N2. The molecule has 7 nitrogen and oxygen atoms in total. The van der Waals surface area contributed by atoms with Crippen molar-refractivity contribution >= 4 is 34.2 Å². The highest BCUT2D eigenvalue weighted by molar-refractivity contribution is 7.07. The lowest BCUT2D eigenvalue weighted by Gasteiger charge is -2.26. The van der Waals surface area contributed by atoms with Gasteiger partial charge in [-0.1, -0.05) is 17.4 Å². The second-order valence-corrected chi connectivity index (χ2v) is 8.49. The summed E-state index contributed by atoms with van der Waals surface area (Å²) in [6.45, 7) is 4.98. The molecular weight excluding hydrogens is 400 g/mol. The fraction of sp³-hybridized carbons (Fsp3) is 0.227. The fourth-order valence-electron chi connectivity index (χ4n) is 3.96. The highest BCUT2D eigenvalue weighted by Crippen LogP contribution is 2.33. The van der Waals surface area contributed by atoms with Gasteiger partial charge >= 0.3 is 0 Å². The topological polar surface area (TPSA) is 75.9 Å². The number of amides is 1. The third kappa shape index (κ3) is 2.91. The van der Waals surface area contributed by atoms with Gasteiger partial charge in [-0.15, -0.1) is 0 Å². The summed E-state index contributed by atoms with van der Waals surface area (Å²) in [7, 11) is 1.57. The van der Waals surface area contributed by atoms with Crippen LogP contribution in [0, 0.1) is 13.8 Å². The first-order valence-electron chi connectivity index (χ1n) is 9.56. The Kier molecular flexibility index (Phi) is 4.25. The van der Waals surface area contributed by atoms with Crippen molar-refractivity contribution in [3.05, 3.63) is 72.8 Å². The fourth-order valence-corrected chi connectivity index (χ4v) is 5.01. The predicted octanol–water partition coefficient (Wildman–Crippen LogP) is 1.74. The third-order valence-corrected chi connectivity index (χ3v) is 6.44. The van der Waals surface area contributed by atoms with Gasteiger partial charge in [-0.2, -0.15) is 0 Å². The molecule has 0 bridgehead atoms. The highest BCUT2D eigenvalue weighted by atomic mass is 32.1. The van der Waals surface area contributed by atoms with Crippen molar-refractivity contribution in [3.63, 3.8) is 0 Å². The third-order valence-electron chi connectivity index (χ3n) is 5.32. The van der Waals surface area contributed by atoms with Gasteiger partial charge in [0.05, 0.1) is 12.7 Å². The molecule has 1 aromatic heterocycles. The smallest absolute Gasteiger partial charge is 0.272 e. The number of hydrogen-bond donors (Lipinski definition) is 1. The zero-order chi connectivity index (χ0) is 21.0. The Balaban J connectivity index is 1.64. The molecule has 1 amide bonds. The van der Waals surface area contributed by atoms with Gasteiger partial charge in [-0.3, -0.25) is 14.2 Å². The van der Waals surface area contributed by atoms with Crippen molar-refractivity contribution in [1.29, 1.82) is 0 Å². The number of carbonyl (C=O) groups excluding carboxylic acids is 1. The van der Waals surface area contributed by atoms with E-state index in [4.69, 9.17) is 4.74 Å². The quantitative estimate of drug-likeness (QED) is 0.685. The van der Waals surface area contributed by atoms with Crippen LogP contribution in [0.15, 0.2) is 46.2 Å². The lowest BCUT2D eigenvalue weighted by atomic mass is 10.1. The Labute approximate surface area is 176 Å². The molecule has 3 heterocycles. The van der Waals surface area contributed by atoms with Crippen LogP contribution in [0.4, 0.5) is 11.4 Å². The number of nitrogens with zero attached hydrogens (tertiary/aromatic N) is 3. The molecular formula is C22H20N4O3S. The van der Waals surface area contributed by atoms with Crippen LogP contribution in [0.25, 0.3) is 5.57 Å². The van der Waals surface area contributed by atoms with Crippen LogP contribution in [0.2, 0.25) is 0 Å². The molecule has 0 aliphatic carbocycles. The van der Waals surface area contributed by atoms with Gasteiger partial charge in [0.2, 0.25) is 0 Å². The molecule has 30 heavy (non-hydrogen) atoms. The van der Waals surface area contributed by atoms with E-state index in [1.165, 1.54) is 11.3 Å². The van der Waals surface area contributed by atoms with E-state index >= 15 is 0 Å². The summed E-state index contributed by atoms with van der Waals surface area (Å²) in [5.41, 5.74) is 4.91. The molecule has 152 valence electrons. The van der Waals surface area contributed by atoms with Crippen molar-refractivity contribution in [3.8, 4) is 5.75 Å². The number of benzene rings is 2. The molecule has 0 saturated heterocycles. The van der Waals surface area contributed by atoms with E-state index in [-0.39, 0.29) is 11.5 Å². The van der Waals surface area contributed by atoms with Crippen LogP contribution in [0.3, 0.4) is 0 Å². The maximum absolute atomic E-state index is 13.3. The van der Waals surface area contributed by atoms with Crippen LogP contribution in [0.5, 0.6) is 5.75 Å². The highest BCUT2D eigenvalue weighted by Gasteiger charge is 2.28. The van der Waals surface area contributed by atoms with Gasteiger partial charge in [0.1, 0.15) is 23.6 Å². The number of aryl methyl sites for hydroxylation is 2. The van der Waals surface area contributed by atoms with Gasteiger partial charge in [-0.05, 0) is 55.3 Å². The summed E-state index contributed by atoms with van der Waals surface area (Å²) in [5, 5.41) is 2.84. The van der Waals surface area contributed by atoms with Crippen LogP contribution < -0.4 is 29.8 Å². The van der Waals surface area contributed by atoms with Crippen molar-refractivity contribution in [2.75, 3.05) is 24.0 Å². The predicted molar refractivity (Wildman–Crippen MR) is 117 cm³/mol. The number of aromatic nitrogens is 1. The minimum absolute atomic E-state index is 0.200. The zero-order valence-electron chi connectivity index (χ0n) is 16.9. The van der Waals surface area contributed by atoms with Crippen molar-refractivity contribution in [2.45, 2.75) is 20.5 Å². The Hall–Kier alpha value is -3.39. The lowest BCUT2D eigenvalue weighted by molar-refractivity contribution is -0.110. The molecule has 0 atom stereocenters. The average Bonchev–Trinajstić information content (AvgIpc) is 3.21. The van der Waals surface area contributed by atoms with E-state index in [0.29, 0.717) is 45.2 Å². The molecule has 1 N–H and O–H groups in total. The zero-order valence-corrected chi connectivity index (χ0v) is 17.7. The molecule has 2 aliphatic heterocycles. The normalized spacial score (nSPS) is 16.6. The van der Waals surface area contributed by atoms with Gasteiger partial charge in [0, 0.05) is 16.9 Å². The molecule has 0 spiro atoms. The minimum atomic E-state index is -0.277. The standard InChI is InChI=1S/C22H20N4O3S/c1-12-6-13(2)8-14(7-12)25-10-23-22-26(11-25)21(28)19(30-22)18-16-9-15(29-3)4-5-17(16)24-20(18)27/h4-9H,10-11H2,1-3H3,(H,24,27)/b19-18-. The molecule has 2 aliphatic rings. The van der Waals surface area contributed by atoms with Gasteiger partial charge in [0.25, 0.3) is 11.5 Å². The van der Waals surface area contributed by atoms with Crippen LogP contribution >= 0.6 is 11.3 Å². The monoisotopic (exact) mass is 420 g/mol. The maximum Gasteiger partial charge on any atom is 0.272 e. The Bertz CT molecular complexity index is 1370. The number of fused-ring (bicyclic) bond motifs is 2. The van der Waals surface area contributed by atoms with E-state index in [1.54, 1.807) is 29.9 Å². The van der Waals surface area contributed by atoms with Crippen molar-refractivity contribution in [1.82, 2.24) is 4.57 Å². The Morgan fingerprint density at radius 3 is 2.60 bits per heavy atom. The number of anilines is 2.